The van der Waals surface area contributed by atoms with Crippen LogP contribution in [0.5, 0.6) is 5.75 Å². The minimum absolute atomic E-state index is 0.290. The van der Waals surface area contributed by atoms with E-state index in [0.717, 1.165) is 0 Å². The van der Waals surface area contributed by atoms with E-state index < -0.39 is 6.09 Å². The lowest BCUT2D eigenvalue weighted by Gasteiger charge is -2.13. The Bertz CT molecular complexity index is 450. The highest BCUT2D eigenvalue weighted by Gasteiger charge is 2.18. The van der Waals surface area contributed by atoms with Crippen molar-refractivity contribution < 1.29 is 19.1 Å². The second-order valence-corrected chi connectivity index (χ2v) is 4.98. The molecule has 0 fully saturated rings. The number of thioether (sulfide) groups is 1. The zero-order chi connectivity index (χ0) is 14.3. The number of esters is 1. The Hall–Kier alpha value is -1.69. The van der Waals surface area contributed by atoms with E-state index in [1.54, 1.807) is 32.0 Å². The van der Waals surface area contributed by atoms with Crippen molar-refractivity contribution in [1.29, 1.82) is 0 Å². The zero-order valence-electron chi connectivity index (χ0n) is 11.1. The van der Waals surface area contributed by atoms with Gasteiger partial charge in [-0.2, -0.15) is 0 Å². The first-order chi connectivity index (χ1) is 9.08. The summed E-state index contributed by atoms with van der Waals surface area (Å²) in [7, 11) is 1.49. The number of carbonyl (C=O) groups excluding carboxylic acids is 2. The zero-order valence-corrected chi connectivity index (χ0v) is 12.0. The average Bonchev–Trinajstić information content (AvgIpc) is 2.41. The Morgan fingerprint density at radius 3 is 2.68 bits per heavy atom. The number of para-hydroxylation sites is 1. The van der Waals surface area contributed by atoms with Crippen LogP contribution in [0.2, 0.25) is 0 Å². The maximum atomic E-state index is 11.6. The van der Waals surface area contributed by atoms with Crippen molar-refractivity contribution in [3.8, 4) is 5.75 Å². The van der Waals surface area contributed by atoms with Crippen molar-refractivity contribution in [3.05, 3.63) is 24.3 Å². The predicted molar refractivity (Wildman–Crippen MR) is 73.5 cm³/mol. The van der Waals surface area contributed by atoms with Gasteiger partial charge < -0.3 is 14.8 Å². The summed E-state index contributed by atoms with van der Waals surface area (Å²) in [6.07, 6.45) is -0.545. The molecule has 1 amide bonds. The van der Waals surface area contributed by atoms with Gasteiger partial charge in [0, 0.05) is 7.05 Å². The molecule has 0 aliphatic heterocycles. The number of rotatable bonds is 5. The third kappa shape index (κ3) is 4.82. The van der Waals surface area contributed by atoms with Gasteiger partial charge >= 0.3 is 12.1 Å². The molecule has 0 aliphatic rings. The molecule has 104 valence electrons. The van der Waals surface area contributed by atoms with Gasteiger partial charge in [0.2, 0.25) is 0 Å². The van der Waals surface area contributed by atoms with Gasteiger partial charge in [-0.1, -0.05) is 12.1 Å². The van der Waals surface area contributed by atoms with E-state index in [1.165, 1.54) is 18.8 Å². The molecule has 0 bridgehead atoms. The maximum absolute atomic E-state index is 11.6. The van der Waals surface area contributed by atoms with E-state index in [0.29, 0.717) is 17.3 Å². The van der Waals surface area contributed by atoms with Crippen LogP contribution in [0.25, 0.3) is 0 Å². The molecule has 1 N–H and O–H groups in total. The highest BCUT2D eigenvalue weighted by atomic mass is 32.2. The summed E-state index contributed by atoms with van der Waals surface area (Å²) in [5.74, 6) is 0.130. The third-order valence-corrected chi connectivity index (χ3v) is 3.32. The van der Waals surface area contributed by atoms with Crippen molar-refractivity contribution in [2.75, 3.05) is 13.7 Å². The van der Waals surface area contributed by atoms with Gasteiger partial charge in [-0.3, -0.25) is 4.79 Å². The molecule has 6 heteroatoms. The van der Waals surface area contributed by atoms with Crippen LogP contribution >= 0.6 is 11.8 Å². The lowest BCUT2D eigenvalue weighted by atomic mass is 10.3. The standard InChI is InChI=1S/C13H17NO4S/c1-4-17-12(15)9(2)19-11-8-6-5-7-10(11)18-13(16)14-3/h5-9H,4H2,1-3H3,(H,14,16). The van der Waals surface area contributed by atoms with Crippen LogP contribution in [0.1, 0.15) is 13.8 Å². The molecule has 1 aromatic rings. The molecule has 0 radical (unpaired) electrons. The minimum Gasteiger partial charge on any atom is -0.465 e. The largest absolute Gasteiger partial charge is 0.465 e. The van der Waals surface area contributed by atoms with Crippen molar-refractivity contribution in [1.82, 2.24) is 5.32 Å². The van der Waals surface area contributed by atoms with Gasteiger partial charge in [0.05, 0.1) is 11.5 Å². The van der Waals surface area contributed by atoms with E-state index in [9.17, 15) is 9.59 Å². The summed E-state index contributed by atoms with van der Waals surface area (Å²) in [6, 6.07) is 7.04. The van der Waals surface area contributed by atoms with Gasteiger partial charge in [-0.15, -0.1) is 11.8 Å². The molecule has 1 aromatic carbocycles. The molecule has 1 rings (SSSR count). The predicted octanol–water partition coefficient (Wildman–Crippen LogP) is 2.45. The van der Waals surface area contributed by atoms with Crippen LogP contribution < -0.4 is 10.1 Å². The fourth-order valence-corrected chi connectivity index (χ4v) is 2.21. The van der Waals surface area contributed by atoms with E-state index >= 15 is 0 Å². The molecule has 1 unspecified atom stereocenters. The molecule has 0 saturated carbocycles. The summed E-state index contributed by atoms with van der Waals surface area (Å²) in [5, 5.41) is 2.01. The number of hydrogen-bond donors (Lipinski definition) is 1. The van der Waals surface area contributed by atoms with Crippen LogP contribution in [0.4, 0.5) is 4.79 Å². The van der Waals surface area contributed by atoms with Crippen LogP contribution in [0.15, 0.2) is 29.2 Å². The van der Waals surface area contributed by atoms with Gasteiger partial charge in [0.15, 0.2) is 0 Å². The van der Waals surface area contributed by atoms with Crippen molar-refractivity contribution >= 4 is 23.8 Å². The second-order valence-electron chi connectivity index (χ2n) is 3.60. The smallest absolute Gasteiger partial charge is 0.412 e. The summed E-state index contributed by atoms with van der Waals surface area (Å²) in [6.45, 7) is 3.86. The summed E-state index contributed by atoms with van der Waals surface area (Å²) in [5.41, 5.74) is 0. The van der Waals surface area contributed by atoms with Gasteiger partial charge in [-0.25, -0.2) is 4.79 Å². The van der Waals surface area contributed by atoms with Crippen molar-refractivity contribution in [2.45, 2.75) is 24.0 Å². The van der Waals surface area contributed by atoms with Gasteiger partial charge in [0.1, 0.15) is 11.0 Å². The maximum Gasteiger partial charge on any atom is 0.412 e. The van der Waals surface area contributed by atoms with Gasteiger partial charge in [0.25, 0.3) is 0 Å². The molecular formula is C13H17NO4S. The minimum atomic E-state index is -0.545. The number of nitrogens with one attached hydrogen (secondary N) is 1. The molecule has 1 atom stereocenters. The molecule has 0 aliphatic carbocycles. The quantitative estimate of drug-likeness (QED) is 0.664. The lowest BCUT2D eigenvalue weighted by Crippen LogP contribution is -2.22. The average molecular weight is 283 g/mol. The monoisotopic (exact) mass is 283 g/mol. The Kier molecular flexibility index (Phi) is 6.21. The Balaban J connectivity index is 2.77. The van der Waals surface area contributed by atoms with Crippen LogP contribution in [0.3, 0.4) is 0 Å². The number of hydrogen-bond acceptors (Lipinski definition) is 5. The Morgan fingerprint density at radius 1 is 1.37 bits per heavy atom. The molecule has 0 aromatic heterocycles. The number of carbonyl (C=O) groups is 2. The molecule has 0 heterocycles. The fourth-order valence-electron chi connectivity index (χ4n) is 1.28. The topological polar surface area (TPSA) is 64.6 Å². The van der Waals surface area contributed by atoms with E-state index in [-0.39, 0.29) is 11.2 Å². The van der Waals surface area contributed by atoms with E-state index in [4.69, 9.17) is 9.47 Å². The number of ether oxygens (including phenoxy) is 2. The first kappa shape index (κ1) is 15.4. The van der Waals surface area contributed by atoms with E-state index in [2.05, 4.69) is 5.32 Å². The summed E-state index contributed by atoms with van der Waals surface area (Å²) in [4.78, 5) is 23.5. The second kappa shape index (κ2) is 7.68. The molecule has 0 spiro atoms. The first-order valence-corrected chi connectivity index (χ1v) is 6.78. The Morgan fingerprint density at radius 2 is 2.05 bits per heavy atom. The van der Waals surface area contributed by atoms with Crippen molar-refractivity contribution in [2.24, 2.45) is 0 Å². The Labute approximate surface area is 116 Å². The summed E-state index contributed by atoms with van der Waals surface area (Å²) >= 11 is 1.29. The SMILES string of the molecule is CCOC(=O)C(C)Sc1ccccc1OC(=O)NC. The van der Waals surface area contributed by atoms with Crippen LogP contribution in [-0.4, -0.2) is 31.0 Å². The molecular weight excluding hydrogens is 266 g/mol. The normalized spacial score (nSPS) is 11.5. The van der Waals surface area contributed by atoms with Crippen LogP contribution in [-0.2, 0) is 9.53 Å². The molecule has 19 heavy (non-hydrogen) atoms. The lowest BCUT2D eigenvalue weighted by molar-refractivity contribution is -0.142. The highest BCUT2D eigenvalue weighted by Crippen LogP contribution is 2.32. The first-order valence-electron chi connectivity index (χ1n) is 5.90. The van der Waals surface area contributed by atoms with E-state index in [1.807, 2.05) is 6.07 Å². The number of benzene rings is 1. The molecule has 5 nitrogen and oxygen atoms in total. The van der Waals surface area contributed by atoms with Crippen molar-refractivity contribution in [3.63, 3.8) is 0 Å². The fraction of sp³-hybridized carbons (Fsp3) is 0.385. The van der Waals surface area contributed by atoms with Gasteiger partial charge in [-0.05, 0) is 26.0 Å². The molecule has 0 saturated heterocycles. The van der Waals surface area contributed by atoms with Crippen LogP contribution in [0, 0.1) is 0 Å². The summed E-state index contributed by atoms with van der Waals surface area (Å²) < 4.78 is 10.1. The number of amides is 1. The highest BCUT2D eigenvalue weighted by molar-refractivity contribution is 8.00. The third-order valence-electron chi connectivity index (χ3n) is 2.18.